The van der Waals surface area contributed by atoms with E-state index in [1.807, 2.05) is 24.3 Å². The van der Waals surface area contributed by atoms with Crippen molar-refractivity contribution in [3.63, 3.8) is 0 Å². The molecular weight excluding hydrogens is 390 g/mol. The zero-order valence-electron chi connectivity index (χ0n) is 16.4. The van der Waals surface area contributed by atoms with Gasteiger partial charge in [0.05, 0.1) is 24.8 Å². The van der Waals surface area contributed by atoms with Crippen molar-refractivity contribution in [2.75, 3.05) is 13.7 Å². The number of carbonyl (C=O) groups excluding carboxylic acids is 2. The molecule has 0 atom stereocenters. The molecular formula is C21H25N3O4S. The normalized spacial score (nSPS) is 20.5. The number of hydrogen-bond donors (Lipinski definition) is 1. The Hall–Kier alpha value is -2.45. The second kappa shape index (κ2) is 10.9. The molecule has 7 nitrogen and oxygen atoms in total. The van der Waals surface area contributed by atoms with Crippen LogP contribution in [0, 0.1) is 5.92 Å². The SMILES string of the molecule is COC(=O)/C=C1/S/C(=N\N=Cc2ccccc2COCC2CCCCC2)NC1=O. The summed E-state index contributed by atoms with van der Waals surface area (Å²) in [6.07, 6.45) is 9.25. The Morgan fingerprint density at radius 3 is 2.86 bits per heavy atom. The molecule has 1 aliphatic carbocycles. The predicted molar refractivity (Wildman–Crippen MR) is 114 cm³/mol. The van der Waals surface area contributed by atoms with Gasteiger partial charge >= 0.3 is 5.97 Å². The highest BCUT2D eigenvalue weighted by molar-refractivity contribution is 8.18. The lowest BCUT2D eigenvalue weighted by Gasteiger charge is -2.21. The largest absolute Gasteiger partial charge is 0.466 e. The first-order chi connectivity index (χ1) is 14.2. The van der Waals surface area contributed by atoms with Crippen molar-refractivity contribution in [1.82, 2.24) is 5.32 Å². The van der Waals surface area contributed by atoms with Crippen LogP contribution in [0.2, 0.25) is 0 Å². The molecule has 1 saturated heterocycles. The van der Waals surface area contributed by atoms with Crippen LogP contribution in [0.25, 0.3) is 0 Å². The topological polar surface area (TPSA) is 89.3 Å². The third kappa shape index (κ3) is 6.54. The Morgan fingerprint density at radius 1 is 1.28 bits per heavy atom. The van der Waals surface area contributed by atoms with E-state index in [0.29, 0.717) is 17.7 Å². The van der Waals surface area contributed by atoms with Crippen molar-refractivity contribution in [2.45, 2.75) is 38.7 Å². The third-order valence-electron chi connectivity index (χ3n) is 4.84. The van der Waals surface area contributed by atoms with Gasteiger partial charge in [-0.05, 0) is 36.1 Å². The van der Waals surface area contributed by atoms with Crippen LogP contribution in [0.15, 0.2) is 45.4 Å². The number of benzene rings is 1. The molecule has 1 saturated carbocycles. The minimum atomic E-state index is -0.588. The van der Waals surface area contributed by atoms with Gasteiger partial charge in [0, 0.05) is 18.2 Å². The smallest absolute Gasteiger partial charge is 0.331 e. The van der Waals surface area contributed by atoms with Crippen molar-refractivity contribution in [2.24, 2.45) is 16.1 Å². The summed E-state index contributed by atoms with van der Waals surface area (Å²) in [5, 5.41) is 11.0. The molecule has 8 heteroatoms. The van der Waals surface area contributed by atoms with Gasteiger partial charge in [-0.25, -0.2) is 4.79 Å². The first-order valence-electron chi connectivity index (χ1n) is 9.71. The quantitative estimate of drug-likeness (QED) is 0.319. The summed E-state index contributed by atoms with van der Waals surface area (Å²) in [5.74, 6) is -0.313. The summed E-state index contributed by atoms with van der Waals surface area (Å²) < 4.78 is 10.5. The van der Waals surface area contributed by atoms with Crippen LogP contribution in [0.4, 0.5) is 0 Å². The van der Waals surface area contributed by atoms with Gasteiger partial charge in [-0.1, -0.05) is 43.5 Å². The zero-order chi connectivity index (χ0) is 20.5. The molecule has 1 aromatic rings. The van der Waals surface area contributed by atoms with E-state index in [1.165, 1.54) is 39.2 Å². The average molecular weight is 416 g/mol. The molecule has 1 heterocycles. The molecule has 1 aliphatic heterocycles. The molecule has 29 heavy (non-hydrogen) atoms. The molecule has 1 amide bonds. The average Bonchev–Trinajstić information content (AvgIpc) is 3.08. The first-order valence-corrected chi connectivity index (χ1v) is 10.5. The molecule has 0 aromatic heterocycles. The second-order valence-electron chi connectivity index (χ2n) is 6.96. The van der Waals surface area contributed by atoms with Gasteiger partial charge in [0.2, 0.25) is 0 Å². The molecule has 1 N–H and O–H groups in total. The van der Waals surface area contributed by atoms with Crippen LogP contribution in [0.3, 0.4) is 0 Å². The third-order valence-corrected chi connectivity index (χ3v) is 5.74. The van der Waals surface area contributed by atoms with Gasteiger partial charge in [0.15, 0.2) is 5.17 Å². The summed E-state index contributed by atoms with van der Waals surface area (Å²) in [4.78, 5) is 23.3. The highest BCUT2D eigenvalue weighted by Gasteiger charge is 2.25. The number of thioether (sulfide) groups is 1. The number of nitrogens with zero attached hydrogens (tertiary/aromatic N) is 2. The van der Waals surface area contributed by atoms with Crippen LogP contribution < -0.4 is 5.32 Å². The fourth-order valence-electron chi connectivity index (χ4n) is 3.27. The van der Waals surface area contributed by atoms with E-state index in [4.69, 9.17) is 4.74 Å². The summed E-state index contributed by atoms with van der Waals surface area (Å²) >= 11 is 1.04. The van der Waals surface area contributed by atoms with Crippen LogP contribution in [0.5, 0.6) is 0 Å². The highest BCUT2D eigenvalue weighted by atomic mass is 32.2. The summed E-state index contributed by atoms with van der Waals surface area (Å²) in [5.41, 5.74) is 1.96. The van der Waals surface area contributed by atoms with Crippen molar-refractivity contribution in [1.29, 1.82) is 0 Å². The first kappa shape index (κ1) is 21.3. The molecule has 0 radical (unpaired) electrons. The van der Waals surface area contributed by atoms with Crippen LogP contribution in [-0.4, -0.2) is 37.0 Å². The fourth-order valence-corrected chi connectivity index (χ4v) is 4.00. The molecule has 0 bridgehead atoms. The number of amidine groups is 1. The monoisotopic (exact) mass is 415 g/mol. The van der Waals surface area contributed by atoms with Crippen molar-refractivity contribution in [3.05, 3.63) is 46.4 Å². The molecule has 0 unspecified atom stereocenters. The Balaban J connectivity index is 1.56. The van der Waals surface area contributed by atoms with E-state index in [0.717, 1.165) is 35.6 Å². The number of hydrogen-bond acceptors (Lipinski definition) is 7. The summed E-state index contributed by atoms with van der Waals surface area (Å²) in [7, 11) is 1.26. The fraction of sp³-hybridized carbons (Fsp3) is 0.429. The lowest BCUT2D eigenvalue weighted by Crippen LogP contribution is -2.19. The molecule has 2 fully saturated rings. The summed E-state index contributed by atoms with van der Waals surface area (Å²) in [6.45, 7) is 1.33. The lowest BCUT2D eigenvalue weighted by molar-refractivity contribution is -0.135. The number of methoxy groups -OCH3 is 1. The zero-order valence-corrected chi connectivity index (χ0v) is 17.2. The Morgan fingerprint density at radius 2 is 2.07 bits per heavy atom. The number of nitrogens with one attached hydrogen (secondary N) is 1. The van der Waals surface area contributed by atoms with E-state index < -0.39 is 11.9 Å². The molecule has 3 rings (SSSR count). The van der Waals surface area contributed by atoms with Crippen LogP contribution >= 0.6 is 11.8 Å². The standard InChI is InChI=1S/C21H25N3O4S/c1-27-19(25)11-18-20(26)23-21(29-18)24-22-12-16-9-5-6-10-17(16)14-28-13-15-7-3-2-4-8-15/h5-6,9-12,15H,2-4,7-8,13-14H2,1H3,(H,23,24,26)/b18-11+,22-12?. The van der Waals surface area contributed by atoms with E-state index >= 15 is 0 Å². The number of esters is 1. The van der Waals surface area contributed by atoms with Crippen LogP contribution in [-0.2, 0) is 25.7 Å². The number of carbonyl (C=O) groups is 2. The maximum atomic E-state index is 11.8. The number of amides is 1. The van der Waals surface area contributed by atoms with Gasteiger partial charge in [-0.2, -0.15) is 5.10 Å². The van der Waals surface area contributed by atoms with Gasteiger partial charge in [-0.15, -0.1) is 5.10 Å². The summed E-state index contributed by atoms with van der Waals surface area (Å²) in [6, 6.07) is 7.87. The van der Waals surface area contributed by atoms with Crippen molar-refractivity contribution < 1.29 is 19.1 Å². The minimum Gasteiger partial charge on any atom is -0.466 e. The van der Waals surface area contributed by atoms with E-state index in [-0.39, 0.29) is 4.91 Å². The number of ether oxygens (including phenoxy) is 2. The van der Waals surface area contributed by atoms with Gasteiger partial charge in [0.25, 0.3) is 5.91 Å². The van der Waals surface area contributed by atoms with Gasteiger partial charge in [-0.3, -0.25) is 10.1 Å². The van der Waals surface area contributed by atoms with Crippen molar-refractivity contribution >= 4 is 35.0 Å². The van der Waals surface area contributed by atoms with E-state index in [1.54, 1.807) is 6.21 Å². The minimum absolute atomic E-state index is 0.224. The molecule has 1 aromatic carbocycles. The van der Waals surface area contributed by atoms with E-state index in [9.17, 15) is 9.59 Å². The maximum Gasteiger partial charge on any atom is 0.331 e. The van der Waals surface area contributed by atoms with Gasteiger partial charge in [0.1, 0.15) is 0 Å². The Kier molecular flexibility index (Phi) is 8.01. The molecule has 154 valence electrons. The molecule has 2 aliphatic rings. The predicted octanol–water partition coefficient (Wildman–Crippen LogP) is 3.39. The highest BCUT2D eigenvalue weighted by Crippen LogP contribution is 2.25. The van der Waals surface area contributed by atoms with E-state index in [2.05, 4.69) is 20.3 Å². The lowest BCUT2D eigenvalue weighted by atomic mass is 9.90. The van der Waals surface area contributed by atoms with Gasteiger partial charge < -0.3 is 9.47 Å². The van der Waals surface area contributed by atoms with Crippen LogP contribution in [0.1, 0.15) is 43.2 Å². The number of rotatable bonds is 7. The Labute approximate surface area is 174 Å². The second-order valence-corrected chi connectivity index (χ2v) is 7.99. The molecule has 0 spiro atoms. The maximum absolute atomic E-state index is 11.8. The van der Waals surface area contributed by atoms with Crippen molar-refractivity contribution in [3.8, 4) is 0 Å². The Bertz CT molecular complexity index is 829.